The van der Waals surface area contributed by atoms with Crippen LogP contribution in [-0.4, -0.2) is 89.0 Å². The SMILES string of the molecule is CCCCCC/C=C/C=C/CCCCCCCC(=O)OC[C@@H](CO[C@H]1O[C@@H](CO)[C@@H](O)C(O)C1O)OC(=O)CCCCCCCCCCCCCC. The van der Waals surface area contributed by atoms with Gasteiger partial charge < -0.3 is 39.4 Å². The summed E-state index contributed by atoms with van der Waals surface area (Å²) in [6.07, 6.45) is 27.5. The summed E-state index contributed by atoms with van der Waals surface area (Å²) in [5.74, 6) is -0.821. The van der Waals surface area contributed by atoms with E-state index in [1.165, 1.54) is 77.0 Å². The largest absolute Gasteiger partial charge is 0.462 e. The van der Waals surface area contributed by atoms with Gasteiger partial charge in [-0.15, -0.1) is 0 Å². The molecule has 0 aromatic heterocycles. The van der Waals surface area contributed by atoms with Crippen LogP contribution in [0.4, 0.5) is 0 Å². The van der Waals surface area contributed by atoms with E-state index in [2.05, 4.69) is 38.2 Å². The van der Waals surface area contributed by atoms with E-state index in [0.29, 0.717) is 12.8 Å². The number of allylic oxidation sites excluding steroid dienone is 4. The molecule has 1 fully saturated rings. The van der Waals surface area contributed by atoms with E-state index in [1.54, 1.807) is 0 Å². The highest BCUT2D eigenvalue weighted by Gasteiger charge is 2.44. The third-order valence-electron chi connectivity index (χ3n) is 9.62. The molecule has 0 amide bonds. The van der Waals surface area contributed by atoms with E-state index < -0.39 is 49.4 Å². The Balaban J connectivity index is 2.37. The van der Waals surface area contributed by atoms with Gasteiger partial charge in [-0.05, 0) is 38.5 Å². The zero-order chi connectivity index (χ0) is 38.1. The van der Waals surface area contributed by atoms with Gasteiger partial charge in [0.15, 0.2) is 12.4 Å². The topological polar surface area (TPSA) is 152 Å². The highest BCUT2D eigenvalue weighted by Crippen LogP contribution is 2.22. The molecule has 4 N–H and O–H groups in total. The fraction of sp³-hybridized carbons (Fsp3) is 0.857. The van der Waals surface area contributed by atoms with Crippen LogP contribution in [0.5, 0.6) is 0 Å². The second-order valence-electron chi connectivity index (χ2n) is 14.5. The fourth-order valence-corrected chi connectivity index (χ4v) is 6.24. The number of hydrogen-bond acceptors (Lipinski definition) is 10. The molecule has 10 heteroatoms. The molecule has 0 aromatic carbocycles. The second-order valence-corrected chi connectivity index (χ2v) is 14.5. The number of carbonyl (C=O) groups is 2. The molecule has 1 rings (SSSR count). The molecule has 1 saturated heterocycles. The summed E-state index contributed by atoms with van der Waals surface area (Å²) in [4.78, 5) is 25.2. The number of unbranched alkanes of at least 4 members (excludes halogenated alkanes) is 20. The number of aliphatic hydroxyl groups excluding tert-OH is 4. The van der Waals surface area contributed by atoms with Crippen LogP contribution < -0.4 is 0 Å². The Morgan fingerprint density at radius 2 is 1.06 bits per heavy atom. The molecular formula is C42H76O10. The molecule has 2 unspecified atom stereocenters. The van der Waals surface area contributed by atoms with Crippen LogP contribution in [-0.2, 0) is 28.5 Å². The van der Waals surface area contributed by atoms with Crippen LogP contribution in [0, 0.1) is 0 Å². The first-order valence-electron chi connectivity index (χ1n) is 20.9. The zero-order valence-electron chi connectivity index (χ0n) is 32.8. The van der Waals surface area contributed by atoms with Crippen molar-refractivity contribution in [2.45, 2.75) is 211 Å². The van der Waals surface area contributed by atoms with Gasteiger partial charge in [0.2, 0.25) is 0 Å². The lowest BCUT2D eigenvalue weighted by Crippen LogP contribution is -2.59. The van der Waals surface area contributed by atoms with Crippen molar-refractivity contribution in [2.24, 2.45) is 0 Å². The van der Waals surface area contributed by atoms with E-state index in [-0.39, 0.29) is 32.0 Å². The fourth-order valence-electron chi connectivity index (χ4n) is 6.24. The molecule has 304 valence electrons. The summed E-state index contributed by atoms with van der Waals surface area (Å²) >= 11 is 0. The molecule has 0 spiro atoms. The van der Waals surface area contributed by atoms with Crippen molar-refractivity contribution in [1.82, 2.24) is 0 Å². The van der Waals surface area contributed by atoms with E-state index in [1.807, 2.05) is 0 Å². The lowest BCUT2D eigenvalue weighted by atomic mass is 9.99. The normalized spacial score (nSPS) is 21.2. The predicted molar refractivity (Wildman–Crippen MR) is 206 cm³/mol. The number of carbonyl (C=O) groups excluding carboxylic acids is 2. The van der Waals surface area contributed by atoms with Crippen molar-refractivity contribution in [3.63, 3.8) is 0 Å². The second kappa shape index (κ2) is 33.7. The van der Waals surface area contributed by atoms with Crippen molar-refractivity contribution < 1.29 is 49.0 Å². The highest BCUT2D eigenvalue weighted by molar-refractivity contribution is 5.70. The lowest BCUT2D eigenvalue weighted by molar-refractivity contribution is -0.305. The van der Waals surface area contributed by atoms with Crippen LogP contribution in [0.2, 0.25) is 0 Å². The standard InChI is InChI=1S/C42H76O10/c1-3-5-7-9-11-13-15-17-18-19-21-22-24-26-28-30-37(44)49-33-35(34-50-42-41(48)40(47)39(46)36(32-43)52-42)51-38(45)31-29-27-25-23-20-16-14-12-10-8-6-4-2/h13,15,17-18,35-36,39-43,46-48H,3-12,14,16,19-34H2,1-2H3/b15-13+,18-17+/t35-,36-,39+,40?,41?,42-/m0/s1. The summed E-state index contributed by atoms with van der Waals surface area (Å²) in [6, 6.07) is 0. The Hall–Kier alpha value is -1.82. The van der Waals surface area contributed by atoms with E-state index in [4.69, 9.17) is 18.9 Å². The molecule has 1 aliphatic rings. The van der Waals surface area contributed by atoms with Crippen LogP contribution in [0.15, 0.2) is 24.3 Å². The predicted octanol–water partition coefficient (Wildman–Crippen LogP) is 8.16. The van der Waals surface area contributed by atoms with Gasteiger partial charge in [0.25, 0.3) is 0 Å². The third-order valence-corrected chi connectivity index (χ3v) is 9.62. The van der Waals surface area contributed by atoms with Gasteiger partial charge >= 0.3 is 11.9 Å². The average Bonchev–Trinajstić information content (AvgIpc) is 3.14. The Morgan fingerprint density at radius 1 is 0.596 bits per heavy atom. The van der Waals surface area contributed by atoms with Gasteiger partial charge in [-0.25, -0.2) is 0 Å². The van der Waals surface area contributed by atoms with E-state index in [0.717, 1.165) is 57.8 Å². The average molecular weight is 741 g/mol. The monoisotopic (exact) mass is 741 g/mol. The first-order valence-corrected chi connectivity index (χ1v) is 20.9. The minimum absolute atomic E-state index is 0.222. The molecule has 0 radical (unpaired) electrons. The minimum atomic E-state index is -1.59. The number of aliphatic hydroxyl groups is 4. The van der Waals surface area contributed by atoms with Crippen LogP contribution >= 0.6 is 0 Å². The Bertz CT molecular complexity index is 907. The Kier molecular flexibility index (Phi) is 31.3. The van der Waals surface area contributed by atoms with Crippen molar-refractivity contribution in [3.05, 3.63) is 24.3 Å². The molecule has 0 aromatic rings. The molecule has 6 atom stereocenters. The number of esters is 2. The maximum atomic E-state index is 12.7. The molecule has 1 heterocycles. The lowest BCUT2D eigenvalue weighted by Gasteiger charge is -2.39. The number of rotatable bonds is 34. The number of hydrogen-bond donors (Lipinski definition) is 4. The van der Waals surface area contributed by atoms with E-state index in [9.17, 15) is 30.0 Å². The molecular weight excluding hydrogens is 664 g/mol. The van der Waals surface area contributed by atoms with Crippen molar-refractivity contribution in [1.29, 1.82) is 0 Å². The number of ether oxygens (including phenoxy) is 4. The molecule has 0 bridgehead atoms. The molecule has 52 heavy (non-hydrogen) atoms. The van der Waals surface area contributed by atoms with Crippen LogP contribution in [0.25, 0.3) is 0 Å². The summed E-state index contributed by atoms with van der Waals surface area (Å²) in [5, 5.41) is 40.0. The first-order chi connectivity index (χ1) is 25.3. The maximum absolute atomic E-state index is 12.7. The van der Waals surface area contributed by atoms with Gasteiger partial charge in [-0.2, -0.15) is 0 Å². The van der Waals surface area contributed by atoms with Crippen molar-refractivity contribution in [3.8, 4) is 0 Å². The van der Waals surface area contributed by atoms with Crippen LogP contribution in [0.1, 0.15) is 174 Å². The molecule has 10 nitrogen and oxygen atoms in total. The van der Waals surface area contributed by atoms with Crippen LogP contribution in [0.3, 0.4) is 0 Å². The summed E-state index contributed by atoms with van der Waals surface area (Å²) in [7, 11) is 0. The maximum Gasteiger partial charge on any atom is 0.306 e. The highest BCUT2D eigenvalue weighted by atomic mass is 16.7. The molecule has 0 aliphatic carbocycles. The third kappa shape index (κ3) is 25.2. The van der Waals surface area contributed by atoms with Gasteiger partial charge in [0.1, 0.15) is 31.0 Å². The quantitative estimate of drug-likeness (QED) is 0.0289. The Labute approximate surface area is 315 Å². The zero-order valence-corrected chi connectivity index (χ0v) is 32.8. The summed E-state index contributed by atoms with van der Waals surface area (Å²) < 4.78 is 22.1. The van der Waals surface area contributed by atoms with E-state index >= 15 is 0 Å². The van der Waals surface area contributed by atoms with Crippen molar-refractivity contribution >= 4 is 11.9 Å². The molecule has 1 aliphatic heterocycles. The smallest absolute Gasteiger partial charge is 0.306 e. The summed E-state index contributed by atoms with van der Waals surface area (Å²) in [6.45, 7) is 3.37. The van der Waals surface area contributed by atoms with Gasteiger partial charge in [-0.3, -0.25) is 9.59 Å². The van der Waals surface area contributed by atoms with Gasteiger partial charge in [-0.1, -0.05) is 147 Å². The summed E-state index contributed by atoms with van der Waals surface area (Å²) in [5.41, 5.74) is 0. The molecule has 0 saturated carbocycles. The van der Waals surface area contributed by atoms with Gasteiger partial charge in [0.05, 0.1) is 13.2 Å². The van der Waals surface area contributed by atoms with Crippen molar-refractivity contribution in [2.75, 3.05) is 19.8 Å². The first kappa shape index (κ1) is 48.2. The van der Waals surface area contributed by atoms with Gasteiger partial charge in [0, 0.05) is 12.8 Å². The minimum Gasteiger partial charge on any atom is -0.462 e. The Morgan fingerprint density at radius 3 is 1.58 bits per heavy atom.